The van der Waals surface area contributed by atoms with Crippen LogP contribution in [0.1, 0.15) is 49.4 Å². The minimum Gasteiger partial charge on any atom is -0.372 e. The fourth-order valence-corrected chi connectivity index (χ4v) is 4.16. The van der Waals surface area contributed by atoms with E-state index in [0.29, 0.717) is 6.54 Å². The van der Waals surface area contributed by atoms with E-state index < -0.39 is 0 Å². The van der Waals surface area contributed by atoms with E-state index in [0.717, 1.165) is 32.1 Å². The van der Waals surface area contributed by atoms with Crippen molar-refractivity contribution in [2.24, 2.45) is 4.99 Å². The largest absolute Gasteiger partial charge is 0.372 e. The van der Waals surface area contributed by atoms with E-state index >= 15 is 0 Å². The molecule has 0 radical (unpaired) electrons. The van der Waals surface area contributed by atoms with Crippen LogP contribution < -0.4 is 15.5 Å². The lowest BCUT2D eigenvalue weighted by Crippen LogP contribution is -2.38. The van der Waals surface area contributed by atoms with Crippen molar-refractivity contribution in [3.8, 4) is 0 Å². The molecule has 2 aromatic carbocycles. The van der Waals surface area contributed by atoms with Crippen LogP contribution in [-0.2, 0) is 13.1 Å². The summed E-state index contributed by atoms with van der Waals surface area (Å²) in [5, 5.41) is 6.97. The zero-order valence-electron chi connectivity index (χ0n) is 19.2. The number of nitrogens with zero attached hydrogens (tertiary/aromatic N) is 4. The van der Waals surface area contributed by atoms with Crippen LogP contribution in [0.3, 0.4) is 0 Å². The van der Waals surface area contributed by atoms with Crippen molar-refractivity contribution in [2.45, 2.75) is 45.8 Å². The van der Waals surface area contributed by atoms with Gasteiger partial charge in [0.25, 0.3) is 0 Å². The van der Waals surface area contributed by atoms with Crippen molar-refractivity contribution < 1.29 is 0 Å². The summed E-state index contributed by atoms with van der Waals surface area (Å²) in [5.74, 6) is 0.839. The molecule has 0 saturated carbocycles. The van der Waals surface area contributed by atoms with E-state index in [9.17, 15) is 0 Å². The van der Waals surface area contributed by atoms with Crippen LogP contribution in [-0.4, -0.2) is 35.1 Å². The van der Waals surface area contributed by atoms with Gasteiger partial charge in [-0.15, -0.1) is 0 Å². The Kier molecular flexibility index (Phi) is 7.43. The third-order valence-electron chi connectivity index (χ3n) is 5.87. The van der Waals surface area contributed by atoms with Crippen LogP contribution >= 0.6 is 0 Å². The summed E-state index contributed by atoms with van der Waals surface area (Å²) in [4.78, 5) is 11.5. The molecule has 1 saturated heterocycles. The van der Waals surface area contributed by atoms with Gasteiger partial charge in [-0.3, -0.25) is 0 Å². The summed E-state index contributed by atoms with van der Waals surface area (Å²) >= 11 is 0. The number of nitrogens with one attached hydrogen (secondary N) is 2. The van der Waals surface area contributed by atoms with Crippen molar-refractivity contribution in [3.05, 3.63) is 83.9 Å². The predicted octanol–water partition coefficient (Wildman–Crippen LogP) is 4.35. The molecule has 1 aliphatic heterocycles. The highest BCUT2D eigenvalue weighted by Gasteiger charge is 2.14. The summed E-state index contributed by atoms with van der Waals surface area (Å²) in [5.41, 5.74) is 5.05. The maximum Gasteiger partial charge on any atom is 0.192 e. The number of guanidine groups is 1. The van der Waals surface area contributed by atoms with E-state index in [1.54, 1.807) is 0 Å². The van der Waals surface area contributed by atoms with Gasteiger partial charge in [-0.25, -0.2) is 9.98 Å². The lowest BCUT2D eigenvalue weighted by Gasteiger charge is -2.22. The van der Waals surface area contributed by atoms with Crippen LogP contribution in [0, 0.1) is 0 Å². The van der Waals surface area contributed by atoms with Crippen LogP contribution in [0.25, 0.3) is 0 Å². The lowest BCUT2D eigenvalue weighted by molar-refractivity contribution is 0.686. The number of anilines is 1. The van der Waals surface area contributed by atoms with E-state index in [-0.39, 0.29) is 6.04 Å². The first-order chi connectivity index (χ1) is 15.7. The Labute approximate surface area is 191 Å². The van der Waals surface area contributed by atoms with Gasteiger partial charge >= 0.3 is 0 Å². The maximum atomic E-state index is 4.85. The third-order valence-corrected chi connectivity index (χ3v) is 5.87. The molecular formula is C26H34N6. The standard InChI is InChI=1S/C26H34N6/c1-3-28-26(29-18-22-8-6-9-23(16-22)19-31-15-12-27-20-31)30-21(2)24-10-7-11-25(17-24)32-13-4-5-14-32/h6-12,15-17,20-21H,3-5,13-14,18-19H2,1-2H3,(H2,28,29,30). The van der Waals surface area contributed by atoms with Crippen LogP contribution in [0.2, 0.25) is 0 Å². The zero-order chi connectivity index (χ0) is 22.2. The SMILES string of the molecule is CCNC(=NCc1cccc(Cn2ccnc2)c1)NC(C)c1cccc(N2CCCC2)c1. The highest BCUT2D eigenvalue weighted by Crippen LogP contribution is 2.24. The smallest absolute Gasteiger partial charge is 0.192 e. The Bertz CT molecular complexity index is 1000. The molecule has 1 unspecified atom stereocenters. The number of benzene rings is 2. The Morgan fingerprint density at radius 2 is 1.91 bits per heavy atom. The molecule has 3 aromatic rings. The lowest BCUT2D eigenvalue weighted by atomic mass is 10.1. The Hall–Kier alpha value is -3.28. The van der Waals surface area contributed by atoms with Gasteiger partial charge in [0.2, 0.25) is 0 Å². The molecule has 2 heterocycles. The van der Waals surface area contributed by atoms with Crippen molar-refractivity contribution in [2.75, 3.05) is 24.5 Å². The molecule has 0 spiro atoms. The molecule has 2 N–H and O–H groups in total. The van der Waals surface area contributed by atoms with Gasteiger partial charge in [0.15, 0.2) is 5.96 Å². The number of aliphatic imine (C=N–C) groups is 1. The maximum absolute atomic E-state index is 4.85. The van der Waals surface area contributed by atoms with Crippen molar-refractivity contribution in [3.63, 3.8) is 0 Å². The van der Waals surface area contributed by atoms with Crippen molar-refractivity contribution in [1.82, 2.24) is 20.2 Å². The summed E-state index contributed by atoms with van der Waals surface area (Å²) < 4.78 is 2.08. The molecule has 6 heteroatoms. The monoisotopic (exact) mass is 430 g/mol. The van der Waals surface area contributed by atoms with Crippen LogP contribution in [0.4, 0.5) is 5.69 Å². The molecule has 6 nitrogen and oxygen atoms in total. The van der Waals surface area contributed by atoms with E-state index in [2.05, 4.69) is 87.5 Å². The summed E-state index contributed by atoms with van der Waals surface area (Å²) in [6.45, 7) is 8.90. The molecule has 32 heavy (non-hydrogen) atoms. The van der Waals surface area contributed by atoms with Crippen LogP contribution in [0.15, 0.2) is 72.2 Å². The Morgan fingerprint density at radius 3 is 2.69 bits per heavy atom. The van der Waals surface area contributed by atoms with Crippen LogP contribution in [0.5, 0.6) is 0 Å². The van der Waals surface area contributed by atoms with E-state index in [1.165, 1.54) is 35.2 Å². The quantitative estimate of drug-likeness (QED) is 0.412. The summed E-state index contributed by atoms with van der Waals surface area (Å²) in [6.07, 6.45) is 8.22. The molecule has 0 bridgehead atoms. The molecule has 0 amide bonds. The average molecular weight is 431 g/mol. The Balaban J connectivity index is 1.41. The normalized spacial score (nSPS) is 15.1. The van der Waals surface area contributed by atoms with Crippen molar-refractivity contribution >= 4 is 11.6 Å². The number of aromatic nitrogens is 2. The van der Waals surface area contributed by atoms with Gasteiger partial charge in [-0.05, 0) is 55.5 Å². The zero-order valence-corrected chi connectivity index (χ0v) is 19.2. The molecular weight excluding hydrogens is 396 g/mol. The molecule has 1 aliphatic rings. The molecule has 1 atom stereocenters. The van der Waals surface area contributed by atoms with Crippen molar-refractivity contribution in [1.29, 1.82) is 0 Å². The molecule has 4 rings (SSSR count). The second-order valence-electron chi connectivity index (χ2n) is 8.41. The van der Waals surface area contributed by atoms with Gasteiger partial charge in [-0.2, -0.15) is 0 Å². The second kappa shape index (κ2) is 10.8. The van der Waals surface area contributed by atoms with E-state index in [1.807, 2.05) is 18.7 Å². The van der Waals surface area contributed by atoms with Gasteiger partial charge in [0.1, 0.15) is 0 Å². The third kappa shape index (κ3) is 5.90. The molecule has 1 aromatic heterocycles. The molecule has 1 fully saturated rings. The molecule has 168 valence electrons. The first-order valence-corrected chi connectivity index (χ1v) is 11.6. The van der Waals surface area contributed by atoms with Gasteiger partial charge in [-0.1, -0.05) is 36.4 Å². The minimum atomic E-state index is 0.169. The summed E-state index contributed by atoms with van der Waals surface area (Å²) in [6, 6.07) is 17.7. The first-order valence-electron chi connectivity index (χ1n) is 11.6. The van der Waals surface area contributed by atoms with Gasteiger partial charge in [0.05, 0.1) is 18.9 Å². The second-order valence-corrected chi connectivity index (χ2v) is 8.41. The number of imidazole rings is 1. The number of rotatable bonds is 8. The first kappa shape index (κ1) is 21.9. The topological polar surface area (TPSA) is 57.5 Å². The highest BCUT2D eigenvalue weighted by atomic mass is 15.2. The number of hydrogen-bond donors (Lipinski definition) is 2. The highest BCUT2D eigenvalue weighted by molar-refractivity contribution is 5.80. The fraction of sp³-hybridized carbons (Fsp3) is 0.385. The fourth-order valence-electron chi connectivity index (χ4n) is 4.16. The van der Waals surface area contributed by atoms with E-state index in [4.69, 9.17) is 4.99 Å². The predicted molar refractivity (Wildman–Crippen MR) is 132 cm³/mol. The van der Waals surface area contributed by atoms with Gasteiger partial charge < -0.3 is 20.1 Å². The Morgan fingerprint density at radius 1 is 1.09 bits per heavy atom. The average Bonchev–Trinajstić information content (AvgIpc) is 3.53. The number of hydrogen-bond acceptors (Lipinski definition) is 3. The van der Waals surface area contributed by atoms with Gasteiger partial charge in [0, 0.05) is 44.3 Å². The molecule has 0 aliphatic carbocycles. The minimum absolute atomic E-state index is 0.169. The summed E-state index contributed by atoms with van der Waals surface area (Å²) in [7, 11) is 0.